The van der Waals surface area contributed by atoms with Gasteiger partial charge < -0.3 is 4.98 Å². The standard InChI is InChI=1S/C16H9N3S/c17-8-11(9-18)16(15-6-3-7-20-15)13-10-19-14-5-2-1-4-12(13)14/h1-7,10,19H. The van der Waals surface area contributed by atoms with Gasteiger partial charge >= 0.3 is 0 Å². The van der Waals surface area contributed by atoms with E-state index in [4.69, 9.17) is 0 Å². The molecule has 0 saturated heterocycles. The average molecular weight is 275 g/mol. The van der Waals surface area contributed by atoms with Crippen LogP contribution in [-0.4, -0.2) is 4.98 Å². The number of nitrogens with zero attached hydrogens (tertiary/aromatic N) is 2. The molecule has 0 atom stereocenters. The first-order valence-electron chi connectivity index (χ1n) is 6.00. The molecule has 0 aliphatic rings. The number of aromatic nitrogens is 1. The zero-order valence-corrected chi connectivity index (χ0v) is 11.2. The number of hydrogen-bond donors (Lipinski definition) is 1. The summed E-state index contributed by atoms with van der Waals surface area (Å²) < 4.78 is 0. The predicted molar refractivity (Wildman–Crippen MR) is 79.9 cm³/mol. The Bertz CT molecular complexity index is 854. The normalized spacial score (nSPS) is 9.90. The summed E-state index contributed by atoms with van der Waals surface area (Å²) >= 11 is 1.52. The molecule has 20 heavy (non-hydrogen) atoms. The van der Waals surface area contributed by atoms with Crippen molar-refractivity contribution in [1.29, 1.82) is 10.5 Å². The molecule has 4 heteroatoms. The number of aromatic amines is 1. The van der Waals surface area contributed by atoms with Crippen LogP contribution in [0.15, 0.2) is 53.5 Å². The Morgan fingerprint density at radius 1 is 1.05 bits per heavy atom. The van der Waals surface area contributed by atoms with Crippen LogP contribution < -0.4 is 0 Å². The molecule has 0 fully saturated rings. The van der Waals surface area contributed by atoms with Gasteiger partial charge in [0.25, 0.3) is 0 Å². The summed E-state index contributed by atoms with van der Waals surface area (Å²) in [5, 5.41) is 21.4. The number of nitriles is 2. The van der Waals surface area contributed by atoms with Gasteiger partial charge in [0.15, 0.2) is 0 Å². The van der Waals surface area contributed by atoms with E-state index in [9.17, 15) is 10.5 Å². The fraction of sp³-hybridized carbons (Fsp3) is 0. The molecular weight excluding hydrogens is 266 g/mol. The Labute approximate surface area is 120 Å². The van der Waals surface area contributed by atoms with Crippen LogP contribution in [0.25, 0.3) is 16.5 Å². The van der Waals surface area contributed by atoms with Crippen LogP contribution in [0.1, 0.15) is 10.4 Å². The van der Waals surface area contributed by atoms with E-state index in [-0.39, 0.29) is 5.57 Å². The number of fused-ring (bicyclic) bond motifs is 1. The molecule has 1 N–H and O–H groups in total. The topological polar surface area (TPSA) is 63.4 Å². The minimum absolute atomic E-state index is 0.136. The number of hydrogen-bond acceptors (Lipinski definition) is 3. The molecule has 0 aliphatic heterocycles. The van der Waals surface area contributed by atoms with E-state index in [1.165, 1.54) is 11.3 Å². The highest BCUT2D eigenvalue weighted by Crippen LogP contribution is 2.34. The lowest BCUT2D eigenvalue weighted by Crippen LogP contribution is -1.88. The molecule has 3 nitrogen and oxygen atoms in total. The van der Waals surface area contributed by atoms with Gasteiger partial charge in [-0.1, -0.05) is 24.3 Å². The molecular formula is C16H9N3S. The summed E-state index contributed by atoms with van der Waals surface area (Å²) in [5.74, 6) is 0. The first-order chi connectivity index (χ1) is 9.85. The number of allylic oxidation sites excluding steroid dienone is 1. The third-order valence-electron chi connectivity index (χ3n) is 3.10. The maximum absolute atomic E-state index is 9.23. The van der Waals surface area contributed by atoms with Gasteiger partial charge in [-0.15, -0.1) is 11.3 Å². The van der Waals surface area contributed by atoms with Crippen LogP contribution in [0, 0.1) is 22.7 Å². The zero-order chi connectivity index (χ0) is 13.9. The van der Waals surface area contributed by atoms with E-state index in [1.54, 1.807) is 0 Å². The van der Waals surface area contributed by atoms with Crippen LogP contribution >= 0.6 is 11.3 Å². The van der Waals surface area contributed by atoms with Crippen LogP contribution in [0.2, 0.25) is 0 Å². The first-order valence-corrected chi connectivity index (χ1v) is 6.88. The SMILES string of the molecule is N#CC(C#N)=C(c1cccs1)c1c[nH]c2ccccc12. The highest BCUT2D eigenvalue weighted by molar-refractivity contribution is 7.11. The third-order valence-corrected chi connectivity index (χ3v) is 3.99. The van der Waals surface area contributed by atoms with Gasteiger partial charge in [-0.25, -0.2) is 0 Å². The number of nitrogens with one attached hydrogen (secondary N) is 1. The second-order valence-electron chi connectivity index (χ2n) is 4.20. The van der Waals surface area contributed by atoms with Crippen molar-refractivity contribution < 1.29 is 0 Å². The van der Waals surface area contributed by atoms with Crippen LogP contribution in [0.4, 0.5) is 0 Å². The Hall–Kier alpha value is -2.82. The summed E-state index contributed by atoms with van der Waals surface area (Å²) in [7, 11) is 0. The number of rotatable bonds is 2. The minimum Gasteiger partial charge on any atom is -0.361 e. The molecule has 2 aromatic heterocycles. The highest BCUT2D eigenvalue weighted by atomic mass is 32.1. The predicted octanol–water partition coefficient (Wildman–Crippen LogP) is 4.08. The number of benzene rings is 1. The molecule has 3 aromatic rings. The smallest absolute Gasteiger partial charge is 0.138 e. The molecule has 2 heterocycles. The number of para-hydroxylation sites is 1. The lowest BCUT2D eigenvalue weighted by molar-refractivity contribution is 1.44. The Kier molecular flexibility index (Phi) is 3.09. The van der Waals surface area contributed by atoms with Crippen molar-refractivity contribution in [2.45, 2.75) is 0 Å². The van der Waals surface area contributed by atoms with Gasteiger partial charge in [0.1, 0.15) is 17.7 Å². The molecule has 0 bridgehead atoms. The summed E-state index contributed by atoms with van der Waals surface area (Å²) in [6, 6.07) is 15.7. The average Bonchev–Trinajstić information content (AvgIpc) is 3.14. The molecule has 0 saturated carbocycles. The fourth-order valence-electron chi connectivity index (χ4n) is 2.23. The summed E-state index contributed by atoms with van der Waals surface area (Å²) in [6.07, 6.45) is 1.86. The maximum atomic E-state index is 9.23. The van der Waals surface area contributed by atoms with Crippen molar-refractivity contribution >= 4 is 27.8 Å². The number of thiophene rings is 1. The summed E-state index contributed by atoms with van der Waals surface area (Å²) in [6.45, 7) is 0. The van der Waals surface area contributed by atoms with Gasteiger partial charge in [-0.2, -0.15) is 10.5 Å². The van der Waals surface area contributed by atoms with Crippen molar-refractivity contribution in [2.24, 2.45) is 0 Å². The van der Waals surface area contributed by atoms with Crippen molar-refractivity contribution in [2.75, 3.05) is 0 Å². The van der Waals surface area contributed by atoms with Crippen molar-refractivity contribution in [3.8, 4) is 12.1 Å². The molecule has 94 valence electrons. The molecule has 0 unspecified atom stereocenters. The Morgan fingerprint density at radius 2 is 1.85 bits per heavy atom. The van der Waals surface area contributed by atoms with Crippen LogP contribution in [0.3, 0.4) is 0 Å². The Balaban J connectivity index is 2.35. The van der Waals surface area contributed by atoms with Gasteiger partial charge in [-0.05, 0) is 17.5 Å². The van der Waals surface area contributed by atoms with Crippen LogP contribution in [-0.2, 0) is 0 Å². The maximum Gasteiger partial charge on any atom is 0.138 e. The van der Waals surface area contributed by atoms with E-state index < -0.39 is 0 Å². The van der Waals surface area contributed by atoms with Gasteiger partial charge in [0.2, 0.25) is 0 Å². The molecule has 1 aromatic carbocycles. The minimum atomic E-state index is 0.136. The number of H-pyrrole nitrogens is 1. The largest absolute Gasteiger partial charge is 0.361 e. The molecule has 0 spiro atoms. The Morgan fingerprint density at radius 3 is 2.55 bits per heavy atom. The van der Waals surface area contributed by atoms with E-state index >= 15 is 0 Å². The second-order valence-corrected chi connectivity index (χ2v) is 5.15. The fourth-order valence-corrected chi connectivity index (χ4v) is 3.02. The lowest BCUT2D eigenvalue weighted by atomic mass is 9.99. The van der Waals surface area contributed by atoms with Crippen molar-refractivity contribution in [3.63, 3.8) is 0 Å². The highest BCUT2D eigenvalue weighted by Gasteiger charge is 2.16. The van der Waals surface area contributed by atoms with E-state index in [0.717, 1.165) is 21.3 Å². The second kappa shape index (κ2) is 5.05. The summed E-state index contributed by atoms with van der Waals surface area (Å²) in [5.41, 5.74) is 2.72. The van der Waals surface area contributed by atoms with Crippen molar-refractivity contribution in [3.05, 3.63) is 64.0 Å². The van der Waals surface area contributed by atoms with E-state index in [1.807, 2.05) is 60.1 Å². The van der Waals surface area contributed by atoms with E-state index in [0.29, 0.717) is 5.57 Å². The first kappa shape index (κ1) is 12.2. The quantitative estimate of drug-likeness (QED) is 0.716. The molecule has 3 rings (SSSR count). The monoisotopic (exact) mass is 275 g/mol. The van der Waals surface area contributed by atoms with Crippen molar-refractivity contribution in [1.82, 2.24) is 4.98 Å². The third kappa shape index (κ3) is 1.89. The van der Waals surface area contributed by atoms with Crippen LogP contribution in [0.5, 0.6) is 0 Å². The van der Waals surface area contributed by atoms with E-state index in [2.05, 4.69) is 4.98 Å². The zero-order valence-electron chi connectivity index (χ0n) is 10.4. The summed E-state index contributed by atoms with van der Waals surface area (Å²) in [4.78, 5) is 4.11. The van der Waals surface area contributed by atoms with Gasteiger partial charge in [-0.3, -0.25) is 0 Å². The van der Waals surface area contributed by atoms with Gasteiger partial charge in [0.05, 0.1) is 0 Å². The van der Waals surface area contributed by atoms with Gasteiger partial charge in [0, 0.05) is 33.1 Å². The molecule has 0 aliphatic carbocycles. The molecule has 0 radical (unpaired) electrons. The lowest BCUT2D eigenvalue weighted by Gasteiger charge is -2.04. The molecule has 0 amide bonds.